The SMILES string of the molecule is CC(C)(CN1CC2NCC(F)(F)C2CC1=O)C(=O)O. The van der Waals surface area contributed by atoms with Crippen LogP contribution < -0.4 is 5.32 Å². The van der Waals surface area contributed by atoms with E-state index in [4.69, 9.17) is 5.11 Å². The Morgan fingerprint density at radius 2 is 2.21 bits per heavy atom. The number of piperidine rings is 1. The van der Waals surface area contributed by atoms with Gasteiger partial charge in [-0.05, 0) is 13.8 Å². The summed E-state index contributed by atoms with van der Waals surface area (Å²) in [6, 6.07) is -0.447. The van der Waals surface area contributed by atoms with Gasteiger partial charge < -0.3 is 15.3 Å². The Morgan fingerprint density at radius 3 is 2.79 bits per heavy atom. The summed E-state index contributed by atoms with van der Waals surface area (Å²) in [6.45, 7) is 2.82. The molecule has 0 aromatic rings. The third-order valence-electron chi connectivity index (χ3n) is 3.96. The van der Waals surface area contributed by atoms with Gasteiger partial charge in [0.15, 0.2) is 0 Å². The maximum Gasteiger partial charge on any atom is 0.310 e. The quantitative estimate of drug-likeness (QED) is 0.790. The Morgan fingerprint density at radius 1 is 1.58 bits per heavy atom. The molecule has 2 aliphatic rings. The number of hydrogen-bond acceptors (Lipinski definition) is 3. The number of carboxylic acids is 1. The van der Waals surface area contributed by atoms with E-state index < -0.39 is 35.8 Å². The van der Waals surface area contributed by atoms with Gasteiger partial charge in [-0.3, -0.25) is 9.59 Å². The van der Waals surface area contributed by atoms with Crippen LogP contribution >= 0.6 is 0 Å². The molecule has 2 saturated heterocycles. The molecule has 2 aliphatic heterocycles. The monoisotopic (exact) mass is 276 g/mol. The van der Waals surface area contributed by atoms with Crippen molar-refractivity contribution in [2.75, 3.05) is 19.6 Å². The van der Waals surface area contributed by atoms with Crippen LogP contribution in [0.4, 0.5) is 8.78 Å². The number of alkyl halides is 2. The van der Waals surface area contributed by atoms with Gasteiger partial charge in [-0.25, -0.2) is 8.78 Å². The van der Waals surface area contributed by atoms with Crippen LogP contribution in [0, 0.1) is 11.3 Å². The lowest BCUT2D eigenvalue weighted by molar-refractivity contribution is -0.152. The van der Waals surface area contributed by atoms with E-state index in [9.17, 15) is 18.4 Å². The maximum atomic E-state index is 13.5. The molecule has 2 fully saturated rings. The number of aliphatic carboxylic acids is 1. The van der Waals surface area contributed by atoms with Crippen LogP contribution in [0.15, 0.2) is 0 Å². The number of carbonyl (C=O) groups excluding carboxylic acids is 1. The summed E-state index contributed by atoms with van der Waals surface area (Å²) >= 11 is 0. The average molecular weight is 276 g/mol. The van der Waals surface area contributed by atoms with E-state index in [2.05, 4.69) is 5.32 Å². The minimum atomic E-state index is -2.85. The van der Waals surface area contributed by atoms with Crippen molar-refractivity contribution in [2.24, 2.45) is 11.3 Å². The van der Waals surface area contributed by atoms with Gasteiger partial charge in [0.25, 0.3) is 5.92 Å². The molecule has 2 heterocycles. The standard InChI is InChI=1S/C12H18F2N2O3/c1-11(2,10(18)19)6-16-4-8-7(3-9(16)17)12(13,14)5-15-8/h7-8,15H,3-6H2,1-2H3,(H,18,19). The lowest BCUT2D eigenvalue weighted by atomic mass is 9.87. The molecular formula is C12H18F2N2O3. The van der Waals surface area contributed by atoms with Crippen LogP contribution in [-0.4, -0.2) is 53.5 Å². The van der Waals surface area contributed by atoms with Gasteiger partial charge in [-0.15, -0.1) is 0 Å². The molecule has 1 amide bonds. The molecule has 7 heteroatoms. The van der Waals surface area contributed by atoms with Crippen molar-refractivity contribution in [3.8, 4) is 0 Å². The minimum absolute atomic E-state index is 0.0393. The maximum absolute atomic E-state index is 13.5. The van der Waals surface area contributed by atoms with Crippen molar-refractivity contribution in [3.05, 3.63) is 0 Å². The summed E-state index contributed by atoms with van der Waals surface area (Å²) in [5.74, 6) is -5.22. The number of carboxylic acid groups (broad SMARTS) is 1. The molecule has 108 valence electrons. The number of nitrogens with one attached hydrogen (secondary N) is 1. The fourth-order valence-electron chi connectivity index (χ4n) is 2.67. The van der Waals surface area contributed by atoms with Crippen LogP contribution in [-0.2, 0) is 9.59 Å². The highest BCUT2D eigenvalue weighted by molar-refractivity contribution is 5.80. The Hall–Kier alpha value is -1.24. The number of nitrogens with zero attached hydrogens (tertiary/aromatic N) is 1. The Labute approximate surface area is 109 Å². The first-order valence-corrected chi connectivity index (χ1v) is 6.26. The Kier molecular flexibility index (Phi) is 3.28. The van der Waals surface area contributed by atoms with E-state index in [0.29, 0.717) is 0 Å². The molecule has 2 atom stereocenters. The average Bonchev–Trinajstić information content (AvgIpc) is 2.55. The highest BCUT2D eigenvalue weighted by Gasteiger charge is 2.54. The van der Waals surface area contributed by atoms with E-state index in [1.165, 1.54) is 18.7 Å². The lowest BCUT2D eigenvalue weighted by Gasteiger charge is -2.38. The number of amides is 1. The molecule has 19 heavy (non-hydrogen) atoms. The zero-order valence-corrected chi connectivity index (χ0v) is 10.9. The van der Waals surface area contributed by atoms with Crippen molar-refractivity contribution in [1.29, 1.82) is 0 Å². The Bertz CT molecular complexity index is 412. The van der Waals surface area contributed by atoms with E-state index in [1.807, 2.05) is 0 Å². The second-order valence-electron chi connectivity index (χ2n) is 6.02. The topological polar surface area (TPSA) is 69.6 Å². The van der Waals surface area contributed by atoms with Gasteiger partial charge in [0.05, 0.1) is 12.0 Å². The van der Waals surface area contributed by atoms with Gasteiger partial charge in [-0.2, -0.15) is 0 Å². The largest absolute Gasteiger partial charge is 0.481 e. The number of carbonyl (C=O) groups is 2. The number of fused-ring (bicyclic) bond motifs is 1. The van der Waals surface area contributed by atoms with Crippen LogP contribution in [0.2, 0.25) is 0 Å². The van der Waals surface area contributed by atoms with Crippen molar-refractivity contribution in [2.45, 2.75) is 32.2 Å². The first-order chi connectivity index (χ1) is 8.63. The smallest absolute Gasteiger partial charge is 0.310 e. The molecule has 0 aromatic carbocycles. The van der Waals surface area contributed by atoms with E-state index in [-0.39, 0.29) is 25.4 Å². The highest BCUT2D eigenvalue weighted by Crippen LogP contribution is 2.38. The summed E-state index contributed by atoms with van der Waals surface area (Å²) in [6.07, 6.45) is -0.222. The minimum Gasteiger partial charge on any atom is -0.481 e. The van der Waals surface area contributed by atoms with Gasteiger partial charge in [-0.1, -0.05) is 0 Å². The Balaban J connectivity index is 2.07. The highest BCUT2D eigenvalue weighted by atomic mass is 19.3. The molecule has 0 radical (unpaired) electrons. The third kappa shape index (κ3) is 2.56. The fraction of sp³-hybridized carbons (Fsp3) is 0.833. The van der Waals surface area contributed by atoms with E-state index in [0.717, 1.165) is 0 Å². The number of hydrogen-bond donors (Lipinski definition) is 2. The van der Waals surface area contributed by atoms with E-state index in [1.54, 1.807) is 0 Å². The normalized spacial score (nSPS) is 30.3. The molecule has 0 bridgehead atoms. The molecular weight excluding hydrogens is 258 g/mol. The van der Waals surface area contributed by atoms with Gasteiger partial charge in [0, 0.05) is 31.5 Å². The summed E-state index contributed by atoms with van der Waals surface area (Å²) in [5.41, 5.74) is -1.08. The van der Waals surface area contributed by atoms with Crippen molar-refractivity contribution < 1.29 is 23.5 Å². The summed E-state index contributed by atoms with van der Waals surface area (Å²) < 4.78 is 27.0. The first-order valence-electron chi connectivity index (χ1n) is 6.26. The third-order valence-corrected chi connectivity index (χ3v) is 3.96. The van der Waals surface area contributed by atoms with Crippen molar-refractivity contribution >= 4 is 11.9 Å². The van der Waals surface area contributed by atoms with Gasteiger partial charge in [0.2, 0.25) is 5.91 Å². The summed E-state index contributed by atoms with van der Waals surface area (Å²) in [7, 11) is 0. The van der Waals surface area contributed by atoms with Crippen LogP contribution in [0.25, 0.3) is 0 Å². The van der Waals surface area contributed by atoms with Crippen LogP contribution in [0.1, 0.15) is 20.3 Å². The van der Waals surface area contributed by atoms with Crippen molar-refractivity contribution in [3.63, 3.8) is 0 Å². The molecule has 0 spiro atoms. The van der Waals surface area contributed by atoms with Crippen LogP contribution in [0.5, 0.6) is 0 Å². The second kappa shape index (κ2) is 4.40. The zero-order valence-electron chi connectivity index (χ0n) is 10.9. The van der Waals surface area contributed by atoms with Gasteiger partial charge in [0.1, 0.15) is 0 Å². The molecule has 2 unspecified atom stereocenters. The van der Waals surface area contributed by atoms with E-state index >= 15 is 0 Å². The first kappa shape index (κ1) is 14.2. The number of halogens is 2. The predicted octanol–water partition coefficient (Wildman–Crippen LogP) is 0.553. The number of likely N-dealkylation sites (tertiary alicyclic amines) is 1. The molecule has 2 N–H and O–H groups in total. The summed E-state index contributed by atoms with van der Waals surface area (Å²) in [4.78, 5) is 24.3. The van der Waals surface area contributed by atoms with Crippen LogP contribution in [0.3, 0.4) is 0 Å². The second-order valence-corrected chi connectivity index (χ2v) is 6.02. The lowest BCUT2D eigenvalue weighted by Crippen LogP contribution is -2.54. The molecule has 0 aliphatic carbocycles. The molecule has 5 nitrogen and oxygen atoms in total. The zero-order chi connectivity index (χ0) is 14.4. The predicted molar refractivity (Wildman–Crippen MR) is 62.8 cm³/mol. The summed E-state index contributed by atoms with van der Waals surface area (Å²) in [5, 5.41) is 11.8. The molecule has 2 rings (SSSR count). The van der Waals surface area contributed by atoms with Crippen molar-refractivity contribution in [1.82, 2.24) is 10.2 Å². The molecule has 0 aromatic heterocycles. The molecule has 0 saturated carbocycles. The fourth-order valence-corrected chi connectivity index (χ4v) is 2.67. The van der Waals surface area contributed by atoms with Gasteiger partial charge >= 0.3 is 5.97 Å². The number of rotatable bonds is 3.